The number of anilines is 1. The van der Waals surface area contributed by atoms with Crippen LogP contribution < -0.4 is 10.6 Å². The molecule has 0 atom stereocenters. The number of ether oxygens (including phenoxy) is 1. The molecule has 2 aromatic carbocycles. The summed E-state index contributed by atoms with van der Waals surface area (Å²) in [5.41, 5.74) is 2.42. The molecule has 0 aliphatic rings. The molecule has 2 amide bonds. The molecule has 0 unspecified atom stereocenters. The first-order valence-corrected chi connectivity index (χ1v) is 9.91. The van der Waals surface area contributed by atoms with Crippen molar-refractivity contribution in [1.82, 2.24) is 5.32 Å². The van der Waals surface area contributed by atoms with Gasteiger partial charge in [-0.3, -0.25) is 9.59 Å². The Morgan fingerprint density at radius 3 is 2.45 bits per heavy atom. The van der Waals surface area contributed by atoms with Crippen LogP contribution in [-0.2, 0) is 14.3 Å². The van der Waals surface area contributed by atoms with Crippen molar-refractivity contribution >= 4 is 29.5 Å². The highest BCUT2D eigenvalue weighted by atomic mass is 16.5. The average molecular weight is 419 g/mol. The third-order valence-corrected chi connectivity index (χ3v) is 4.33. The van der Waals surface area contributed by atoms with Crippen molar-refractivity contribution in [3.8, 4) is 6.07 Å². The molecule has 0 aliphatic carbocycles. The van der Waals surface area contributed by atoms with E-state index in [1.807, 2.05) is 31.2 Å². The molecule has 7 heteroatoms. The van der Waals surface area contributed by atoms with Gasteiger partial charge in [0.15, 0.2) is 6.61 Å². The van der Waals surface area contributed by atoms with Gasteiger partial charge in [-0.25, -0.2) is 4.79 Å². The maximum absolute atomic E-state index is 12.2. The highest BCUT2D eigenvalue weighted by Crippen LogP contribution is 2.16. The fourth-order valence-corrected chi connectivity index (χ4v) is 2.69. The van der Waals surface area contributed by atoms with Gasteiger partial charge < -0.3 is 15.4 Å². The van der Waals surface area contributed by atoms with Gasteiger partial charge >= 0.3 is 5.97 Å². The van der Waals surface area contributed by atoms with Gasteiger partial charge in [-0.15, -0.1) is 0 Å². The van der Waals surface area contributed by atoms with Crippen molar-refractivity contribution in [3.05, 3.63) is 70.8 Å². The molecule has 2 rings (SSSR count). The maximum atomic E-state index is 12.2. The molecule has 0 saturated heterocycles. The Kier molecular flexibility index (Phi) is 8.52. The number of hydrogen-bond donors (Lipinski definition) is 2. The van der Waals surface area contributed by atoms with Gasteiger partial charge in [0.2, 0.25) is 0 Å². The number of esters is 1. The first kappa shape index (κ1) is 23.4. The van der Waals surface area contributed by atoms with Crippen molar-refractivity contribution in [3.63, 3.8) is 0 Å². The monoisotopic (exact) mass is 419 g/mol. The standard InChI is InChI=1S/C24H25N3O4/c1-4-26-23(29)19-6-5-7-21(13-19)27-22(28)15-31-24(30)20(14-25)12-17-8-10-18(11-9-17)16(2)3/h5-13,16H,4,15H2,1-3H3,(H,26,29)(H,27,28)/b20-12+. The molecule has 0 saturated carbocycles. The predicted molar refractivity (Wildman–Crippen MR) is 118 cm³/mol. The lowest BCUT2D eigenvalue weighted by atomic mass is 10.0. The predicted octanol–water partition coefficient (Wildman–Crippen LogP) is 3.65. The van der Waals surface area contributed by atoms with E-state index in [9.17, 15) is 19.6 Å². The normalized spacial score (nSPS) is 10.9. The summed E-state index contributed by atoms with van der Waals surface area (Å²) in [5.74, 6) is -1.35. The number of benzene rings is 2. The van der Waals surface area contributed by atoms with Crippen molar-refractivity contribution in [2.45, 2.75) is 26.7 Å². The molecule has 0 aliphatic heterocycles. The van der Waals surface area contributed by atoms with Gasteiger partial charge in [-0.2, -0.15) is 5.26 Å². The first-order chi connectivity index (χ1) is 14.8. The van der Waals surface area contributed by atoms with E-state index >= 15 is 0 Å². The molecular weight excluding hydrogens is 394 g/mol. The summed E-state index contributed by atoms with van der Waals surface area (Å²) in [6.45, 7) is 5.88. The summed E-state index contributed by atoms with van der Waals surface area (Å²) in [6.07, 6.45) is 1.42. The quantitative estimate of drug-likeness (QED) is 0.386. The van der Waals surface area contributed by atoms with Gasteiger partial charge in [-0.1, -0.05) is 44.2 Å². The summed E-state index contributed by atoms with van der Waals surface area (Å²) in [5, 5.41) is 14.5. The SMILES string of the molecule is CCNC(=O)c1cccc(NC(=O)COC(=O)/C(C#N)=C/c2ccc(C(C)C)cc2)c1. The van der Waals surface area contributed by atoms with Crippen LogP contribution in [-0.4, -0.2) is 30.9 Å². The largest absolute Gasteiger partial charge is 0.451 e. The van der Waals surface area contributed by atoms with Crippen molar-refractivity contribution in [2.24, 2.45) is 0 Å². The summed E-state index contributed by atoms with van der Waals surface area (Å²) >= 11 is 0. The van der Waals surface area contributed by atoms with Crippen LogP contribution in [0.2, 0.25) is 0 Å². The Morgan fingerprint density at radius 1 is 1.13 bits per heavy atom. The van der Waals surface area contributed by atoms with E-state index < -0.39 is 18.5 Å². The number of amides is 2. The molecule has 160 valence electrons. The molecule has 0 radical (unpaired) electrons. The molecule has 0 aromatic heterocycles. The smallest absolute Gasteiger partial charge is 0.349 e. The number of carbonyl (C=O) groups excluding carboxylic acids is 3. The van der Waals surface area contributed by atoms with E-state index in [-0.39, 0.29) is 11.5 Å². The van der Waals surface area contributed by atoms with Crippen molar-refractivity contribution < 1.29 is 19.1 Å². The first-order valence-electron chi connectivity index (χ1n) is 9.91. The molecule has 0 heterocycles. The van der Waals surface area contributed by atoms with E-state index in [4.69, 9.17) is 4.74 Å². The highest BCUT2D eigenvalue weighted by Gasteiger charge is 2.14. The zero-order valence-corrected chi connectivity index (χ0v) is 17.8. The number of rotatable bonds is 8. The van der Waals surface area contributed by atoms with Crippen molar-refractivity contribution in [1.29, 1.82) is 5.26 Å². The van der Waals surface area contributed by atoms with Crippen LogP contribution >= 0.6 is 0 Å². The summed E-state index contributed by atoms with van der Waals surface area (Å²) < 4.78 is 4.96. The minimum Gasteiger partial charge on any atom is -0.451 e. The Hall–Kier alpha value is -3.92. The minimum absolute atomic E-state index is 0.205. The summed E-state index contributed by atoms with van der Waals surface area (Å²) in [6, 6.07) is 15.7. The lowest BCUT2D eigenvalue weighted by Gasteiger charge is -2.08. The second-order valence-electron chi connectivity index (χ2n) is 7.06. The fraction of sp³-hybridized carbons (Fsp3) is 0.250. The van der Waals surface area contributed by atoms with Crippen LogP contribution in [0, 0.1) is 11.3 Å². The minimum atomic E-state index is -0.887. The van der Waals surface area contributed by atoms with E-state index in [1.54, 1.807) is 24.3 Å². The second-order valence-corrected chi connectivity index (χ2v) is 7.06. The van der Waals surface area contributed by atoms with E-state index in [0.29, 0.717) is 29.3 Å². The molecule has 2 aromatic rings. The number of carbonyl (C=O) groups is 3. The zero-order chi connectivity index (χ0) is 22.8. The molecule has 2 N–H and O–H groups in total. The lowest BCUT2D eigenvalue weighted by Crippen LogP contribution is -2.23. The second kappa shape index (κ2) is 11.3. The van der Waals surface area contributed by atoms with Gasteiger partial charge in [-0.05, 0) is 48.2 Å². The van der Waals surface area contributed by atoms with Gasteiger partial charge in [0.25, 0.3) is 11.8 Å². The Balaban J connectivity index is 1.96. The zero-order valence-electron chi connectivity index (χ0n) is 17.8. The van der Waals surface area contributed by atoms with Gasteiger partial charge in [0.1, 0.15) is 11.6 Å². The van der Waals surface area contributed by atoms with E-state index in [2.05, 4.69) is 24.5 Å². The average Bonchev–Trinajstić information content (AvgIpc) is 2.76. The number of nitrogens with one attached hydrogen (secondary N) is 2. The fourth-order valence-electron chi connectivity index (χ4n) is 2.69. The molecule has 0 spiro atoms. The Morgan fingerprint density at radius 2 is 1.84 bits per heavy atom. The number of hydrogen-bond acceptors (Lipinski definition) is 5. The van der Waals surface area contributed by atoms with Crippen LogP contribution in [0.25, 0.3) is 6.08 Å². The number of nitrogens with zero attached hydrogens (tertiary/aromatic N) is 1. The highest BCUT2D eigenvalue weighted by molar-refractivity contribution is 6.00. The lowest BCUT2D eigenvalue weighted by molar-refractivity contribution is -0.142. The Bertz CT molecular complexity index is 1020. The third-order valence-electron chi connectivity index (χ3n) is 4.33. The van der Waals surface area contributed by atoms with Crippen LogP contribution in [0.15, 0.2) is 54.1 Å². The van der Waals surface area contributed by atoms with Gasteiger partial charge in [0, 0.05) is 17.8 Å². The third kappa shape index (κ3) is 7.12. The van der Waals surface area contributed by atoms with Crippen LogP contribution in [0.5, 0.6) is 0 Å². The summed E-state index contributed by atoms with van der Waals surface area (Å²) in [4.78, 5) is 36.2. The number of nitriles is 1. The van der Waals surface area contributed by atoms with Crippen molar-refractivity contribution in [2.75, 3.05) is 18.5 Å². The molecule has 0 bridgehead atoms. The van der Waals surface area contributed by atoms with E-state index in [0.717, 1.165) is 5.56 Å². The van der Waals surface area contributed by atoms with Crippen LogP contribution in [0.3, 0.4) is 0 Å². The Labute approximate surface area is 181 Å². The van der Waals surface area contributed by atoms with Gasteiger partial charge in [0.05, 0.1) is 0 Å². The topological polar surface area (TPSA) is 108 Å². The molecule has 31 heavy (non-hydrogen) atoms. The summed E-state index contributed by atoms with van der Waals surface area (Å²) in [7, 11) is 0. The van der Waals surface area contributed by atoms with Crippen LogP contribution in [0.4, 0.5) is 5.69 Å². The molecule has 7 nitrogen and oxygen atoms in total. The molecule has 0 fully saturated rings. The van der Waals surface area contributed by atoms with E-state index in [1.165, 1.54) is 12.1 Å². The van der Waals surface area contributed by atoms with Crippen LogP contribution in [0.1, 0.15) is 48.2 Å². The maximum Gasteiger partial charge on any atom is 0.349 e. The molecular formula is C24H25N3O4.